The Bertz CT molecular complexity index is 472. The number of aryl methyl sites for hydroxylation is 1. The maximum Gasteiger partial charge on any atom is 0.118 e. The minimum absolute atomic E-state index is 0.282. The predicted octanol–water partition coefficient (Wildman–Crippen LogP) is 3.65. The molecule has 1 aromatic rings. The van der Waals surface area contributed by atoms with Crippen molar-refractivity contribution in [3.63, 3.8) is 0 Å². The van der Waals surface area contributed by atoms with E-state index in [9.17, 15) is 10.4 Å². The molecule has 0 radical (unpaired) electrons. The molecule has 0 amide bonds. The summed E-state index contributed by atoms with van der Waals surface area (Å²) in [6.07, 6.45) is 2.60. The van der Waals surface area contributed by atoms with Gasteiger partial charge < -0.3 is 5.11 Å². The van der Waals surface area contributed by atoms with E-state index in [2.05, 4.69) is 24.8 Å². The van der Waals surface area contributed by atoms with E-state index in [-0.39, 0.29) is 5.75 Å². The molecule has 3 nitrogen and oxygen atoms in total. The van der Waals surface area contributed by atoms with Crippen LogP contribution in [-0.2, 0) is 6.42 Å². The Labute approximate surface area is 122 Å². The van der Waals surface area contributed by atoms with Gasteiger partial charge in [0.2, 0.25) is 0 Å². The molecular weight excluding hydrogens is 248 g/mol. The van der Waals surface area contributed by atoms with Crippen LogP contribution in [0.15, 0.2) is 18.2 Å². The van der Waals surface area contributed by atoms with E-state index < -0.39 is 5.54 Å². The summed E-state index contributed by atoms with van der Waals surface area (Å²) >= 11 is 0. The molecule has 1 unspecified atom stereocenters. The molecule has 1 aromatic carbocycles. The number of rotatable bonds is 7. The lowest BCUT2D eigenvalue weighted by Crippen LogP contribution is -2.47. The third kappa shape index (κ3) is 3.98. The summed E-state index contributed by atoms with van der Waals surface area (Å²) in [5.74, 6) is 0.282. The van der Waals surface area contributed by atoms with E-state index in [1.54, 1.807) is 6.07 Å². The number of nitrogens with zero attached hydrogens (tertiary/aromatic N) is 2. The van der Waals surface area contributed by atoms with Crippen molar-refractivity contribution in [2.45, 2.75) is 52.5 Å². The van der Waals surface area contributed by atoms with Crippen molar-refractivity contribution in [1.82, 2.24) is 4.90 Å². The predicted molar refractivity (Wildman–Crippen MR) is 82.7 cm³/mol. The number of hydrogen-bond donors (Lipinski definition) is 1. The highest BCUT2D eigenvalue weighted by Gasteiger charge is 2.32. The van der Waals surface area contributed by atoms with Crippen LogP contribution in [0.4, 0.5) is 0 Å². The SMILES string of the molecule is CCCN(CCC)C(C)(C#N)Cc1cc(C)ccc1O. The van der Waals surface area contributed by atoms with Crippen LogP contribution in [0.25, 0.3) is 0 Å². The third-order valence-corrected chi connectivity index (χ3v) is 3.70. The Morgan fingerprint density at radius 2 is 1.85 bits per heavy atom. The maximum absolute atomic E-state index is 10.0. The lowest BCUT2D eigenvalue weighted by atomic mass is 9.90. The Morgan fingerprint density at radius 1 is 1.25 bits per heavy atom. The number of nitriles is 1. The molecule has 0 aliphatic carbocycles. The van der Waals surface area contributed by atoms with Crippen LogP contribution in [-0.4, -0.2) is 28.6 Å². The average Bonchev–Trinajstić information content (AvgIpc) is 2.42. The van der Waals surface area contributed by atoms with Gasteiger partial charge in [0.25, 0.3) is 0 Å². The summed E-state index contributed by atoms with van der Waals surface area (Å²) in [5, 5.41) is 19.7. The van der Waals surface area contributed by atoms with E-state index in [0.717, 1.165) is 37.1 Å². The first kappa shape index (κ1) is 16.5. The Kier molecular flexibility index (Phi) is 6.04. The molecule has 0 aliphatic rings. The Morgan fingerprint density at radius 3 is 2.35 bits per heavy atom. The molecule has 1 atom stereocenters. The normalized spacial score (nSPS) is 14.0. The van der Waals surface area contributed by atoms with Crippen molar-refractivity contribution >= 4 is 0 Å². The van der Waals surface area contributed by atoms with E-state index in [4.69, 9.17) is 0 Å². The lowest BCUT2D eigenvalue weighted by Gasteiger charge is -2.36. The van der Waals surface area contributed by atoms with E-state index in [1.807, 2.05) is 26.0 Å². The van der Waals surface area contributed by atoms with Gasteiger partial charge in [-0.2, -0.15) is 5.26 Å². The molecule has 0 saturated heterocycles. The molecule has 3 heteroatoms. The van der Waals surface area contributed by atoms with Gasteiger partial charge in [-0.25, -0.2) is 0 Å². The number of aromatic hydroxyl groups is 1. The minimum atomic E-state index is -0.572. The van der Waals surface area contributed by atoms with Gasteiger partial charge in [-0.3, -0.25) is 4.90 Å². The molecule has 0 fully saturated rings. The fourth-order valence-electron chi connectivity index (χ4n) is 2.59. The summed E-state index contributed by atoms with van der Waals surface area (Å²) in [6.45, 7) is 10.0. The summed E-state index contributed by atoms with van der Waals surface area (Å²) in [4.78, 5) is 2.23. The van der Waals surface area contributed by atoms with Gasteiger partial charge in [-0.15, -0.1) is 0 Å². The minimum Gasteiger partial charge on any atom is -0.508 e. The molecule has 1 rings (SSSR count). The Balaban J connectivity index is 3.04. The first-order valence-electron chi connectivity index (χ1n) is 7.41. The first-order chi connectivity index (χ1) is 9.46. The van der Waals surface area contributed by atoms with Gasteiger partial charge in [-0.1, -0.05) is 31.5 Å². The van der Waals surface area contributed by atoms with Crippen molar-refractivity contribution in [1.29, 1.82) is 5.26 Å². The summed E-state index contributed by atoms with van der Waals surface area (Å²) < 4.78 is 0. The number of benzene rings is 1. The van der Waals surface area contributed by atoms with Crippen LogP contribution >= 0.6 is 0 Å². The highest BCUT2D eigenvalue weighted by atomic mass is 16.3. The van der Waals surface area contributed by atoms with Crippen molar-refractivity contribution in [2.24, 2.45) is 0 Å². The molecule has 0 heterocycles. The molecular formula is C17H26N2O. The zero-order valence-corrected chi connectivity index (χ0v) is 13.1. The fraction of sp³-hybridized carbons (Fsp3) is 0.588. The standard InChI is InChI=1S/C17H26N2O/c1-5-9-19(10-6-2)17(4,13-18)12-15-11-14(3)7-8-16(15)20/h7-8,11,20H,5-6,9-10,12H2,1-4H3. The third-order valence-electron chi connectivity index (χ3n) is 3.70. The highest BCUT2D eigenvalue weighted by molar-refractivity contribution is 5.38. The molecule has 20 heavy (non-hydrogen) atoms. The molecule has 0 aromatic heterocycles. The smallest absolute Gasteiger partial charge is 0.118 e. The van der Waals surface area contributed by atoms with Crippen molar-refractivity contribution < 1.29 is 5.11 Å². The number of hydrogen-bond acceptors (Lipinski definition) is 3. The van der Waals surface area contributed by atoms with Gasteiger partial charge in [0.05, 0.1) is 6.07 Å². The van der Waals surface area contributed by atoms with Gasteiger partial charge in [-0.05, 0) is 51.4 Å². The highest BCUT2D eigenvalue weighted by Crippen LogP contribution is 2.27. The number of phenols is 1. The van der Waals surface area contributed by atoms with E-state index >= 15 is 0 Å². The molecule has 0 aliphatic heterocycles. The molecule has 0 saturated carbocycles. The number of phenolic OH excluding ortho intramolecular Hbond substituents is 1. The second kappa shape index (κ2) is 7.31. The van der Waals surface area contributed by atoms with Crippen molar-refractivity contribution in [3.05, 3.63) is 29.3 Å². The summed E-state index contributed by atoms with van der Waals surface area (Å²) in [5.41, 5.74) is 1.39. The van der Waals surface area contributed by atoms with Gasteiger partial charge >= 0.3 is 0 Å². The molecule has 1 N–H and O–H groups in total. The maximum atomic E-state index is 10.0. The average molecular weight is 274 g/mol. The first-order valence-corrected chi connectivity index (χ1v) is 7.41. The van der Waals surface area contributed by atoms with Crippen LogP contribution < -0.4 is 0 Å². The van der Waals surface area contributed by atoms with Crippen LogP contribution in [0.1, 0.15) is 44.7 Å². The second-order valence-corrected chi connectivity index (χ2v) is 5.68. The summed E-state index contributed by atoms with van der Waals surface area (Å²) in [7, 11) is 0. The Hall–Kier alpha value is -1.53. The second-order valence-electron chi connectivity index (χ2n) is 5.68. The van der Waals surface area contributed by atoms with E-state index in [0.29, 0.717) is 6.42 Å². The quantitative estimate of drug-likeness (QED) is 0.825. The van der Waals surface area contributed by atoms with Crippen LogP contribution in [0, 0.1) is 18.3 Å². The van der Waals surface area contributed by atoms with Crippen LogP contribution in [0.3, 0.4) is 0 Å². The van der Waals surface area contributed by atoms with Crippen molar-refractivity contribution in [2.75, 3.05) is 13.1 Å². The van der Waals surface area contributed by atoms with Crippen LogP contribution in [0.2, 0.25) is 0 Å². The lowest BCUT2D eigenvalue weighted by molar-refractivity contribution is 0.150. The summed E-state index contributed by atoms with van der Waals surface area (Å²) in [6, 6.07) is 8.03. The topological polar surface area (TPSA) is 47.3 Å². The van der Waals surface area contributed by atoms with E-state index in [1.165, 1.54) is 0 Å². The zero-order valence-electron chi connectivity index (χ0n) is 13.1. The van der Waals surface area contributed by atoms with Gasteiger partial charge in [0, 0.05) is 6.42 Å². The fourth-order valence-corrected chi connectivity index (χ4v) is 2.59. The van der Waals surface area contributed by atoms with Crippen molar-refractivity contribution in [3.8, 4) is 11.8 Å². The largest absolute Gasteiger partial charge is 0.508 e. The monoisotopic (exact) mass is 274 g/mol. The van der Waals surface area contributed by atoms with Gasteiger partial charge in [0.1, 0.15) is 11.3 Å². The molecule has 0 spiro atoms. The van der Waals surface area contributed by atoms with Gasteiger partial charge in [0.15, 0.2) is 0 Å². The van der Waals surface area contributed by atoms with Crippen LogP contribution in [0.5, 0.6) is 5.75 Å². The molecule has 0 bridgehead atoms. The zero-order chi connectivity index (χ0) is 15.2. The molecule has 110 valence electrons.